The molecule has 1 aromatic rings. The van der Waals surface area contributed by atoms with E-state index < -0.39 is 0 Å². The number of allylic oxidation sites excluding steroid dienone is 1. The number of nitrogens with one attached hydrogen (secondary N) is 1. The summed E-state index contributed by atoms with van der Waals surface area (Å²) in [5.74, 6) is 0. The lowest BCUT2D eigenvalue weighted by Crippen LogP contribution is -2.28. The van der Waals surface area contributed by atoms with E-state index in [1.54, 1.807) is 0 Å². The van der Waals surface area contributed by atoms with E-state index in [0.717, 1.165) is 25.9 Å². The van der Waals surface area contributed by atoms with Crippen molar-refractivity contribution in [3.8, 4) is 0 Å². The van der Waals surface area contributed by atoms with Crippen molar-refractivity contribution in [2.24, 2.45) is 0 Å². The smallest absolute Gasteiger partial charge is 0.0595 e. The fourth-order valence-electron chi connectivity index (χ4n) is 2.38. The molecule has 1 aliphatic rings. The molecular formula is C13H15Cl2N. The van der Waals surface area contributed by atoms with Crippen molar-refractivity contribution in [2.75, 3.05) is 13.1 Å². The van der Waals surface area contributed by atoms with Crippen molar-refractivity contribution in [3.05, 3.63) is 46.5 Å². The summed E-state index contributed by atoms with van der Waals surface area (Å²) < 4.78 is 0. The number of halogens is 2. The largest absolute Gasteiger partial charge is 0.316 e. The molecule has 0 amide bonds. The molecule has 0 aliphatic carbocycles. The molecule has 1 aromatic carbocycles. The van der Waals surface area contributed by atoms with Crippen molar-refractivity contribution < 1.29 is 0 Å². The number of hydrogen-bond donors (Lipinski definition) is 1. The van der Waals surface area contributed by atoms with E-state index in [1.807, 2.05) is 18.2 Å². The van der Waals surface area contributed by atoms with Gasteiger partial charge in [-0.15, -0.1) is 6.58 Å². The maximum atomic E-state index is 6.08. The minimum Gasteiger partial charge on any atom is -0.316 e. The lowest BCUT2D eigenvalue weighted by Gasteiger charge is -2.27. The Labute approximate surface area is 106 Å². The number of hydrogen-bond acceptors (Lipinski definition) is 1. The van der Waals surface area contributed by atoms with Crippen molar-refractivity contribution in [1.29, 1.82) is 0 Å². The molecule has 0 spiro atoms. The third kappa shape index (κ3) is 2.13. The molecule has 1 nitrogen and oxygen atoms in total. The van der Waals surface area contributed by atoms with Crippen LogP contribution in [0.5, 0.6) is 0 Å². The van der Waals surface area contributed by atoms with E-state index >= 15 is 0 Å². The summed E-state index contributed by atoms with van der Waals surface area (Å²) in [4.78, 5) is 0. The van der Waals surface area contributed by atoms with Crippen molar-refractivity contribution in [1.82, 2.24) is 5.32 Å². The summed E-state index contributed by atoms with van der Waals surface area (Å²) in [6.07, 6.45) is 4.07. The van der Waals surface area contributed by atoms with E-state index in [1.165, 1.54) is 5.56 Å². The first-order valence-corrected chi connectivity index (χ1v) is 6.21. The fraction of sp³-hybridized carbons (Fsp3) is 0.385. The van der Waals surface area contributed by atoms with Gasteiger partial charge < -0.3 is 5.32 Å². The molecule has 1 atom stereocenters. The summed E-state index contributed by atoms with van der Waals surface area (Å²) in [5.41, 5.74) is 1.41. The second kappa shape index (κ2) is 4.79. The predicted molar refractivity (Wildman–Crippen MR) is 70.4 cm³/mol. The molecule has 1 fully saturated rings. The van der Waals surface area contributed by atoms with E-state index in [0.29, 0.717) is 10.0 Å². The molecular weight excluding hydrogens is 241 g/mol. The van der Waals surface area contributed by atoms with Gasteiger partial charge in [-0.05, 0) is 37.1 Å². The zero-order valence-corrected chi connectivity index (χ0v) is 10.6. The molecule has 0 radical (unpaired) electrons. The Morgan fingerprint density at radius 3 is 2.75 bits per heavy atom. The molecule has 1 aliphatic heterocycles. The van der Waals surface area contributed by atoms with Gasteiger partial charge in [0.05, 0.1) is 10.0 Å². The van der Waals surface area contributed by atoms with Gasteiger partial charge in [-0.25, -0.2) is 0 Å². The van der Waals surface area contributed by atoms with Crippen molar-refractivity contribution in [3.63, 3.8) is 0 Å². The second-order valence-corrected chi connectivity index (χ2v) is 5.14. The normalized spacial score (nSPS) is 24.6. The fourth-order valence-corrected chi connectivity index (χ4v) is 2.68. The average molecular weight is 256 g/mol. The Morgan fingerprint density at radius 1 is 1.38 bits per heavy atom. The summed E-state index contributed by atoms with van der Waals surface area (Å²) in [6.45, 7) is 5.88. The summed E-state index contributed by atoms with van der Waals surface area (Å²) in [6, 6.07) is 5.94. The van der Waals surface area contributed by atoms with Crippen LogP contribution in [0.2, 0.25) is 10.0 Å². The van der Waals surface area contributed by atoms with E-state index in [2.05, 4.69) is 18.0 Å². The minimum atomic E-state index is 0.149. The Balaban J connectivity index is 2.38. The summed E-state index contributed by atoms with van der Waals surface area (Å²) in [7, 11) is 0. The van der Waals surface area contributed by atoms with Gasteiger partial charge in [0, 0.05) is 12.0 Å². The van der Waals surface area contributed by atoms with E-state index in [4.69, 9.17) is 23.2 Å². The van der Waals surface area contributed by atoms with Crippen LogP contribution in [0, 0.1) is 0 Å². The maximum absolute atomic E-state index is 6.08. The lowest BCUT2D eigenvalue weighted by molar-refractivity contribution is 0.478. The number of benzene rings is 1. The molecule has 1 N–H and O–H groups in total. The zero-order chi connectivity index (χ0) is 11.6. The van der Waals surface area contributed by atoms with Gasteiger partial charge in [0.1, 0.15) is 0 Å². The Morgan fingerprint density at radius 2 is 2.19 bits per heavy atom. The predicted octanol–water partition coefficient (Wildman–Crippen LogP) is 3.80. The topological polar surface area (TPSA) is 12.0 Å². The standard InChI is InChI=1S/C13H15Cl2N/c1-2-5-13(6-7-16-9-13)10-3-4-11(14)12(15)8-10/h2-4,8,16H,1,5-7,9H2/t13-/m1/s1. The highest BCUT2D eigenvalue weighted by molar-refractivity contribution is 6.42. The van der Waals surface area contributed by atoms with Crippen LogP contribution in [-0.4, -0.2) is 13.1 Å². The number of rotatable bonds is 3. The highest BCUT2D eigenvalue weighted by Gasteiger charge is 2.34. The van der Waals surface area contributed by atoms with Crippen LogP contribution in [0.4, 0.5) is 0 Å². The van der Waals surface area contributed by atoms with E-state index in [-0.39, 0.29) is 5.41 Å². The van der Waals surface area contributed by atoms with Crippen LogP contribution in [-0.2, 0) is 5.41 Å². The van der Waals surface area contributed by atoms with E-state index in [9.17, 15) is 0 Å². The third-order valence-corrected chi connectivity index (χ3v) is 4.05. The summed E-state index contributed by atoms with van der Waals surface area (Å²) >= 11 is 12.0. The molecule has 0 unspecified atom stereocenters. The van der Waals surface area contributed by atoms with Crippen molar-refractivity contribution >= 4 is 23.2 Å². The Hall–Kier alpha value is -0.500. The molecule has 2 rings (SSSR count). The van der Waals surface area contributed by atoms with Gasteiger partial charge in [0.25, 0.3) is 0 Å². The SMILES string of the molecule is C=CC[C@@]1(c2ccc(Cl)c(Cl)c2)CCNC1. The molecule has 1 saturated heterocycles. The quantitative estimate of drug-likeness (QED) is 0.811. The van der Waals surface area contributed by atoms with Gasteiger partial charge in [-0.1, -0.05) is 35.3 Å². The molecule has 0 aromatic heterocycles. The summed E-state index contributed by atoms with van der Waals surface area (Å²) in [5, 5.41) is 4.66. The monoisotopic (exact) mass is 255 g/mol. The first kappa shape index (κ1) is 12.0. The Bertz CT molecular complexity index is 395. The van der Waals surface area contributed by atoms with Gasteiger partial charge in [-0.3, -0.25) is 0 Å². The molecule has 0 saturated carbocycles. The molecule has 0 bridgehead atoms. The average Bonchev–Trinajstić information content (AvgIpc) is 2.72. The second-order valence-electron chi connectivity index (χ2n) is 4.33. The van der Waals surface area contributed by atoms with Crippen LogP contribution in [0.15, 0.2) is 30.9 Å². The zero-order valence-electron chi connectivity index (χ0n) is 9.10. The highest BCUT2D eigenvalue weighted by atomic mass is 35.5. The molecule has 16 heavy (non-hydrogen) atoms. The van der Waals surface area contributed by atoms with Gasteiger partial charge >= 0.3 is 0 Å². The minimum absolute atomic E-state index is 0.149. The van der Waals surface area contributed by atoms with Crippen LogP contribution in [0.3, 0.4) is 0 Å². The lowest BCUT2D eigenvalue weighted by atomic mass is 9.77. The highest BCUT2D eigenvalue weighted by Crippen LogP contribution is 2.37. The first-order chi connectivity index (χ1) is 7.68. The van der Waals surface area contributed by atoms with Gasteiger partial charge in [0.2, 0.25) is 0 Å². The third-order valence-electron chi connectivity index (χ3n) is 3.31. The van der Waals surface area contributed by atoms with Crippen LogP contribution in [0.25, 0.3) is 0 Å². The van der Waals surface area contributed by atoms with Gasteiger partial charge in [-0.2, -0.15) is 0 Å². The Kier molecular flexibility index (Phi) is 3.58. The maximum Gasteiger partial charge on any atom is 0.0595 e. The van der Waals surface area contributed by atoms with Crippen LogP contribution < -0.4 is 5.32 Å². The van der Waals surface area contributed by atoms with Crippen molar-refractivity contribution in [2.45, 2.75) is 18.3 Å². The van der Waals surface area contributed by atoms with Gasteiger partial charge in [0.15, 0.2) is 0 Å². The molecule has 1 heterocycles. The van der Waals surface area contributed by atoms with Crippen LogP contribution >= 0.6 is 23.2 Å². The molecule has 86 valence electrons. The van der Waals surface area contributed by atoms with Crippen LogP contribution in [0.1, 0.15) is 18.4 Å². The first-order valence-electron chi connectivity index (χ1n) is 5.45. The molecule has 3 heteroatoms.